The van der Waals surface area contributed by atoms with Crippen molar-refractivity contribution in [3.63, 3.8) is 0 Å². The number of aliphatic hydroxyl groups is 1. The summed E-state index contributed by atoms with van der Waals surface area (Å²) in [4.78, 5) is 30.0. The molecule has 1 unspecified atom stereocenters. The van der Waals surface area contributed by atoms with E-state index in [0.29, 0.717) is 11.6 Å². The van der Waals surface area contributed by atoms with E-state index in [1.165, 1.54) is 6.08 Å². The zero-order valence-electron chi connectivity index (χ0n) is 18.5. The van der Waals surface area contributed by atoms with Crippen LogP contribution >= 0.6 is 11.6 Å². The van der Waals surface area contributed by atoms with Crippen molar-refractivity contribution in [1.29, 1.82) is 0 Å². The van der Waals surface area contributed by atoms with Gasteiger partial charge in [-0.15, -0.1) is 0 Å². The smallest absolute Gasteiger partial charge is 0.290 e. The van der Waals surface area contributed by atoms with Crippen LogP contribution in [-0.2, 0) is 9.59 Å². The number of ketones is 1. The molecule has 0 spiro atoms. The van der Waals surface area contributed by atoms with Gasteiger partial charge in [0.1, 0.15) is 0 Å². The molecule has 6 heteroatoms. The van der Waals surface area contributed by atoms with Crippen molar-refractivity contribution < 1.29 is 14.7 Å². The third-order valence-electron chi connectivity index (χ3n) is 5.75. The van der Waals surface area contributed by atoms with Crippen LogP contribution < -0.4 is 0 Å². The highest BCUT2D eigenvalue weighted by molar-refractivity contribution is 6.30. The van der Waals surface area contributed by atoms with Gasteiger partial charge in [-0.2, -0.15) is 0 Å². The number of allylic oxidation sites excluding steroid dienone is 1. The van der Waals surface area contributed by atoms with Gasteiger partial charge in [0, 0.05) is 11.6 Å². The summed E-state index contributed by atoms with van der Waals surface area (Å²) in [5.74, 6) is -1.37. The Kier molecular flexibility index (Phi) is 8.26. The van der Waals surface area contributed by atoms with E-state index < -0.39 is 17.7 Å². The highest BCUT2D eigenvalue weighted by atomic mass is 35.5. The van der Waals surface area contributed by atoms with E-state index in [9.17, 15) is 14.7 Å². The number of halogens is 1. The second kappa shape index (κ2) is 11.1. The topological polar surface area (TPSA) is 60.9 Å². The monoisotopic (exact) mass is 452 g/mol. The van der Waals surface area contributed by atoms with Gasteiger partial charge in [-0.3, -0.25) is 9.59 Å². The average Bonchev–Trinajstić information content (AvgIpc) is 3.06. The van der Waals surface area contributed by atoms with E-state index in [1.807, 2.05) is 30.3 Å². The second-order valence-electron chi connectivity index (χ2n) is 7.70. The number of rotatable bonds is 10. The molecule has 0 saturated carbocycles. The predicted molar refractivity (Wildman–Crippen MR) is 128 cm³/mol. The Bertz CT molecular complexity index is 995. The first-order valence-corrected chi connectivity index (χ1v) is 11.3. The van der Waals surface area contributed by atoms with Crippen molar-refractivity contribution in [2.75, 3.05) is 26.2 Å². The molecule has 1 N–H and O–H groups in total. The van der Waals surface area contributed by atoms with E-state index in [1.54, 1.807) is 35.2 Å². The molecule has 5 nitrogen and oxygen atoms in total. The number of aliphatic hydroxyl groups excluding tert-OH is 1. The Morgan fingerprint density at radius 1 is 1.09 bits per heavy atom. The summed E-state index contributed by atoms with van der Waals surface area (Å²) < 4.78 is 0. The summed E-state index contributed by atoms with van der Waals surface area (Å²) in [6.07, 6.45) is 3.84. The lowest BCUT2D eigenvalue weighted by atomic mass is 9.95. The minimum atomic E-state index is -0.649. The van der Waals surface area contributed by atoms with E-state index in [4.69, 9.17) is 11.6 Å². The summed E-state index contributed by atoms with van der Waals surface area (Å²) in [7, 11) is 0. The summed E-state index contributed by atoms with van der Waals surface area (Å²) in [5.41, 5.74) is 1.71. The Hall–Kier alpha value is -2.89. The quantitative estimate of drug-likeness (QED) is 0.512. The highest BCUT2D eigenvalue weighted by Crippen LogP contribution is 2.38. The maximum Gasteiger partial charge on any atom is 0.290 e. The first-order chi connectivity index (χ1) is 15.5. The normalized spacial score (nSPS) is 16.6. The molecule has 0 fully saturated rings. The maximum atomic E-state index is 13.1. The number of hydrogen-bond acceptors (Lipinski definition) is 4. The molecule has 1 aliphatic rings. The van der Waals surface area contributed by atoms with Gasteiger partial charge in [0.05, 0.1) is 11.6 Å². The fraction of sp³-hybridized carbons (Fsp3) is 0.308. The van der Waals surface area contributed by atoms with Crippen LogP contribution in [-0.4, -0.2) is 52.8 Å². The molecule has 1 aliphatic heterocycles. The summed E-state index contributed by atoms with van der Waals surface area (Å²) >= 11 is 6.05. The average molecular weight is 453 g/mol. The zero-order chi connectivity index (χ0) is 23.1. The predicted octanol–water partition coefficient (Wildman–Crippen LogP) is 5.05. The number of amides is 1. The molecule has 32 heavy (non-hydrogen) atoms. The van der Waals surface area contributed by atoms with Crippen LogP contribution in [0.1, 0.15) is 37.4 Å². The van der Waals surface area contributed by atoms with Crippen molar-refractivity contribution >= 4 is 29.4 Å². The number of nitrogens with zero attached hydrogens (tertiary/aromatic N) is 2. The summed E-state index contributed by atoms with van der Waals surface area (Å²) in [5, 5.41) is 11.2. The van der Waals surface area contributed by atoms with E-state index in [-0.39, 0.29) is 11.4 Å². The SMILES string of the molecule is CCN(CC)CCCN1C(=O)C(O)=C(C(=O)/C=C/c2ccccc2)C1c1ccc(Cl)cc1. The van der Waals surface area contributed by atoms with Gasteiger partial charge in [0.2, 0.25) is 0 Å². The molecule has 168 valence electrons. The lowest BCUT2D eigenvalue weighted by molar-refractivity contribution is -0.129. The third kappa shape index (κ3) is 5.47. The third-order valence-corrected chi connectivity index (χ3v) is 6.00. The van der Waals surface area contributed by atoms with E-state index in [2.05, 4.69) is 18.7 Å². The molecule has 0 saturated heterocycles. The minimum absolute atomic E-state index is 0.104. The molecule has 2 aromatic carbocycles. The highest BCUT2D eigenvalue weighted by Gasteiger charge is 2.42. The Morgan fingerprint density at radius 3 is 2.38 bits per heavy atom. The molecule has 0 radical (unpaired) electrons. The Balaban J connectivity index is 1.89. The fourth-order valence-corrected chi connectivity index (χ4v) is 4.08. The van der Waals surface area contributed by atoms with Crippen LogP contribution in [0.3, 0.4) is 0 Å². The Labute approximate surface area is 194 Å². The van der Waals surface area contributed by atoms with Crippen LogP contribution in [0.15, 0.2) is 72.0 Å². The molecule has 2 aromatic rings. The lowest BCUT2D eigenvalue weighted by Gasteiger charge is -2.28. The first kappa shape index (κ1) is 23.8. The van der Waals surface area contributed by atoms with Crippen LogP contribution in [0.2, 0.25) is 5.02 Å². The number of carbonyl (C=O) groups is 2. The van der Waals surface area contributed by atoms with E-state index in [0.717, 1.165) is 37.2 Å². The van der Waals surface area contributed by atoms with Crippen LogP contribution in [0.5, 0.6) is 0 Å². The molecule has 0 bridgehead atoms. The maximum absolute atomic E-state index is 13.1. The zero-order valence-corrected chi connectivity index (χ0v) is 19.3. The molecule has 1 amide bonds. The lowest BCUT2D eigenvalue weighted by Crippen LogP contribution is -2.34. The van der Waals surface area contributed by atoms with Gasteiger partial charge in [0.25, 0.3) is 5.91 Å². The molecule has 1 atom stereocenters. The van der Waals surface area contributed by atoms with Gasteiger partial charge in [0.15, 0.2) is 11.5 Å². The molecular formula is C26H29ClN2O3. The summed E-state index contributed by atoms with van der Waals surface area (Å²) in [6.45, 7) is 7.34. The number of benzene rings is 2. The van der Waals surface area contributed by atoms with Crippen molar-refractivity contribution in [3.05, 3.63) is 88.2 Å². The van der Waals surface area contributed by atoms with Gasteiger partial charge < -0.3 is 14.9 Å². The van der Waals surface area contributed by atoms with E-state index >= 15 is 0 Å². The van der Waals surface area contributed by atoms with Crippen molar-refractivity contribution in [2.45, 2.75) is 26.3 Å². The molecule has 0 aliphatic carbocycles. The van der Waals surface area contributed by atoms with Gasteiger partial charge >= 0.3 is 0 Å². The number of carbonyl (C=O) groups excluding carboxylic acids is 2. The van der Waals surface area contributed by atoms with Gasteiger partial charge in [-0.05, 0) is 55.4 Å². The van der Waals surface area contributed by atoms with Crippen molar-refractivity contribution in [2.24, 2.45) is 0 Å². The van der Waals surface area contributed by atoms with Crippen LogP contribution in [0, 0.1) is 0 Å². The van der Waals surface area contributed by atoms with Crippen LogP contribution in [0.4, 0.5) is 0 Å². The van der Waals surface area contributed by atoms with Gasteiger partial charge in [-0.1, -0.05) is 74.0 Å². The summed E-state index contributed by atoms with van der Waals surface area (Å²) in [6, 6.07) is 15.8. The Morgan fingerprint density at radius 2 is 1.75 bits per heavy atom. The largest absolute Gasteiger partial charge is 0.503 e. The standard InChI is InChI=1S/C26H29ClN2O3/c1-3-28(4-2)17-8-18-29-24(20-12-14-21(27)15-13-20)23(25(31)26(29)32)22(30)16-11-19-9-6-5-7-10-19/h5-7,9-16,24,31H,3-4,8,17-18H2,1-2H3/b16-11+. The van der Waals surface area contributed by atoms with Crippen LogP contribution in [0.25, 0.3) is 6.08 Å². The molecule has 1 heterocycles. The first-order valence-electron chi connectivity index (χ1n) is 11.0. The molecular weight excluding hydrogens is 424 g/mol. The van der Waals surface area contributed by atoms with Gasteiger partial charge in [-0.25, -0.2) is 0 Å². The molecule has 0 aromatic heterocycles. The van der Waals surface area contributed by atoms with Crippen molar-refractivity contribution in [3.8, 4) is 0 Å². The number of hydrogen-bond donors (Lipinski definition) is 1. The molecule has 3 rings (SSSR count). The second-order valence-corrected chi connectivity index (χ2v) is 8.14. The van der Waals surface area contributed by atoms with Crippen molar-refractivity contribution in [1.82, 2.24) is 9.80 Å². The minimum Gasteiger partial charge on any atom is -0.503 e. The fourth-order valence-electron chi connectivity index (χ4n) is 3.96.